The van der Waals surface area contributed by atoms with Gasteiger partial charge in [0.05, 0.1) is 0 Å². The molecule has 1 N–H and O–H groups in total. The van der Waals surface area contributed by atoms with Gasteiger partial charge in [-0.15, -0.1) is 0 Å². The molecule has 0 bridgehead atoms. The lowest BCUT2D eigenvalue weighted by molar-refractivity contribution is 0.593. The molecule has 0 aliphatic rings. The van der Waals surface area contributed by atoms with Gasteiger partial charge in [0.1, 0.15) is 0 Å². The minimum Gasteiger partial charge on any atom is -0.316 e. The maximum absolute atomic E-state index is 10.7. The molecular formula is C10H23NOS. The zero-order chi connectivity index (χ0) is 9.94. The lowest BCUT2D eigenvalue weighted by atomic mass is 10.1. The highest BCUT2D eigenvalue weighted by Crippen LogP contribution is 2.00. The van der Waals surface area contributed by atoms with Crippen molar-refractivity contribution in [3.8, 4) is 0 Å². The van der Waals surface area contributed by atoms with E-state index in [-0.39, 0.29) is 0 Å². The predicted octanol–water partition coefficient (Wildman–Crippen LogP) is 1.92. The number of unbranched alkanes of at least 4 members (excludes halogenated alkanes) is 4. The molecule has 0 amide bonds. The fourth-order valence-electron chi connectivity index (χ4n) is 1.19. The van der Waals surface area contributed by atoms with Crippen LogP contribution in [-0.4, -0.2) is 29.3 Å². The van der Waals surface area contributed by atoms with Crippen LogP contribution in [0.5, 0.6) is 0 Å². The molecule has 0 fully saturated rings. The summed E-state index contributed by atoms with van der Waals surface area (Å²) in [6.07, 6.45) is 8.37. The van der Waals surface area contributed by atoms with E-state index in [4.69, 9.17) is 0 Å². The van der Waals surface area contributed by atoms with E-state index in [0.717, 1.165) is 18.8 Å². The third-order valence-electron chi connectivity index (χ3n) is 2.02. The lowest BCUT2D eigenvalue weighted by Gasteiger charge is -2.02. The van der Waals surface area contributed by atoms with Crippen LogP contribution in [0.3, 0.4) is 0 Å². The first-order valence-electron chi connectivity index (χ1n) is 5.28. The molecule has 0 heterocycles. The van der Waals surface area contributed by atoms with Crippen LogP contribution in [0.1, 0.15) is 39.0 Å². The van der Waals surface area contributed by atoms with Crippen molar-refractivity contribution < 1.29 is 4.21 Å². The van der Waals surface area contributed by atoms with Crippen molar-refractivity contribution >= 4 is 10.8 Å². The summed E-state index contributed by atoms with van der Waals surface area (Å²) in [5, 5.41) is 3.30. The maximum atomic E-state index is 10.7. The molecule has 0 radical (unpaired) electrons. The highest BCUT2D eigenvalue weighted by molar-refractivity contribution is 7.84. The van der Waals surface area contributed by atoms with Crippen LogP contribution >= 0.6 is 0 Å². The van der Waals surface area contributed by atoms with Gasteiger partial charge >= 0.3 is 0 Å². The second-order valence-electron chi connectivity index (χ2n) is 3.44. The first-order chi connectivity index (χ1) is 6.27. The summed E-state index contributed by atoms with van der Waals surface area (Å²) in [5.74, 6) is 0.787. The van der Waals surface area contributed by atoms with E-state index in [0.29, 0.717) is 0 Å². The molecule has 1 atom stereocenters. The van der Waals surface area contributed by atoms with Crippen LogP contribution in [0.25, 0.3) is 0 Å². The van der Waals surface area contributed by atoms with E-state index in [1.165, 1.54) is 32.1 Å². The smallest absolute Gasteiger partial charge is 0.0357 e. The normalized spacial score (nSPS) is 13.1. The van der Waals surface area contributed by atoms with Gasteiger partial charge in [0.2, 0.25) is 0 Å². The highest BCUT2D eigenvalue weighted by Gasteiger charge is 1.91. The second-order valence-corrected chi connectivity index (χ2v) is 5.00. The van der Waals surface area contributed by atoms with Gasteiger partial charge in [0, 0.05) is 29.4 Å². The summed E-state index contributed by atoms with van der Waals surface area (Å²) in [5.41, 5.74) is 0. The van der Waals surface area contributed by atoms with Gasteiger partial charge in [0.15, 0.2) is 0 Å². The van der Waals surface area contributed by atoms with E-state index in [1.807, 2.05) is 0 Å². The molecule has 2 nitrogen and oxygen atoms in total. The maximum Gasteiger partial charge on any atom is 0.0357 e. The summed E-state index contributed by atoms with van der Waals surface area (Å²) in [7, 11) is -0.638. The van der Waals surface area contributed by atoms with E-state index in [2.05, 4.69) is 12.2 Å². The Morgan fingerprint density at radius 3 is 2.38 bits per heavy atom. The monoisotopic (exact) mass is 205 g/mol. The molecule has 0 rings (SSSR count). The molecule has 13 heavy (non-hydrogen) atoms. The van der Waals surface area contributed by atoms with Crippen LogP contribution in [0.2, 0.25) is 0 Å². The topological polar surface area (TPSA) is 29.1 Å². The van der Waals surface area contributed by atoms with Crippen molar-refractivity contribution in [3.63, 3.8) is 0 Å². The van der Waals surface area contributed by atoms with Crippen LogP contribution in [0.15, 0.2) is 0 Å². The Morgan fingerprint density at radius 1 is 1.08 bits per heavy atom. The molecule has 0 aromatic carbocycles. The fourth-order valence-corrected chi connectivity index (χ4v) is 1.63. The Balaban J connectivity index is 2.87. The zero-order valence-electron chi connectivity index (χ0n) is 8.97. The lowest BCUT2D eigenvalue weighted by Crippen LogP contribution is -2.21. The van der Waals surface area contributed by atoms with E-state index >= 15 is 0 Å². The Morgan fingerprint density at radius 2 is 1.77 bits per heavy atom. The number of hydrogen-bond donors (Lipinski definition) is 1. The average molecular weight is 205 g/mol. The molecule has 0 aromatic rings. The Hall–Kier alpha value is 0.110. The molecule has 0 aromatic heterocycles. The van der Waals surface area contributed by atoms with E-state index in [1.54, 1.807) is 6.26 Å². The Kier molecular flexibility index (Phi) is 10.3. The van der Waals surface area contributed by atoms with Crippen molar-refractivity contribution in [2.24, 2.45) is 0 Å². The summed E-state index contributed by atoms with van der Waals surface area (Å²) in [6.45, 7) is 4.21. The van der Waals surface area contributed by atoms with Crippen LogP contribution in [-0.2, 0) is 10.8 Å². The molecule has 3 heteroatoms. The molecular weight excluding hydrogens is 182 g/mol. The fraction of sp³-hybridized carbons (Fsp3) is 1.00. The number of hydrogen-bond acceptors (Lipinski definition) is 2. The first-order valence-corrected chi connectivity index (χ1v) is 7.00. The van der Waals surface area contributed by atoms with Crippen molar-refractivity contribution in [3.05, 3.63) is 0 Å². The third kappa shape index (κ3) is 12.1. The number of nitrogens with one attached hydrogen (secondary N) is 1. The van der Waals surface area contributed by atoms with Crippen molar-refractivity contribution in [1.29, 1.82) is 0 Å². The van der Waals surface area contributed by atoms with Crippen molar-refractivity contribution in [2.75, 3.05) is 25.1 Å². The molecule has 0 aliphatic heterocycles. The van der Waals surface area contributed by atoms with Crippen LogP contribution in [0, 0.1) is 0 Å². The molecule has 80 valence electrons. The summed E-state index contributed by atoms with van der Waals surface area (Å²) in [4.78, 5) is 0. The Bertz CT molecular complexity index is 128. The first kappa shape index (κ1) is 13.1. The minimum absolute atomic E-state index is 0.638. The van der Waals surface area contributed by atoms with Crippen LogP contribution in [0.4, 0.5) is 0 Å². The van der Waals surface area contributed by atoms with Crippen molar-refractivity contribution in [2.45, 2.75) is 39.0 Å². The van der Waals surface area contributed by atoms with Gasteiger partial charge in [-0.2, -0.15) is 0 Å². The van der Waals surface area contributed by atoms with Gasteiger partial charge in [0.25, 0.3) is 0 Å². The largest absolute Gasteiger partial charge is 0.316 e. The summed E-state index contributed by atoms with van der Waals surface area (Å²) in [6, 6.07) is 0. The molecule has 1 unspecified atom stereocenters. The van der Waals surface area contributed by atoms with Gasteiger partial charge in [-0.1, -0.05) is 32.6 Å². The quantitative estimate of drug-likeness (QED) is 0.583. The zero-order valence-corrected chi connectivity index (χ0v) is 9.79. The standard InChI is InChI=1S/C10H23NOS/c1-3-4-5-6-7-8-11-9-10-13(2)12/h11H,3-10H2,1-2H3. The second kappa shape index (κ2) is 10.2. The van der Waals surface area contributed by atoms with Gasteiger partial charge in [-0.05, 0) is 13.0 Å². The van der Waals surface area contributed by atoms with Crippen molar-refractivity contribution in [1.82, 2.24) is 5.32 Å². The summed E-state index contributed by atoms with van der Waals surface area (Å²) < 4.78 is 10.7. The Labute approximate surface area is 84.9 Å². The van der Waals surface area contributed by atoms with Gasteiger partial charge in [-0.3, -0.25) is 4.21 Å². The molecule has 0 saturated heterocycles. The van der Waals surface area contributed by atoms with Gasteiger partial charge < -0.3 is 5.32 Å². The third-order valence-corrected chi connectivity index (χ3v) is 2.80. The minimum atomic E-state index is -0.638. The predicted molar refractivity (Wildman–Crippen MR) is 60.6 cm³/mol. The average Bonchev–Trinajstić information content (AvgIpc) is 2.09. The molecule has 0 spiro atoms. The van der Waals surface area contributed by atoms with E-state index in [9.17, 15) is 4.21 Å². The molecule has 0 aliphatic carbocycles. The van der Waals surface area contributed by atoms with E-state index < -0.39 is 10.8 Å². The molecule has 0 saturated carbocycles. The van der Waals surface area contributed by atoms with Gasteiger partial charge in [-0.25, -0.2) is 0 Å². The number of rotatable bonds is 9. The SMILES string of the molecule is CCCCCCCNCCS(C)=O. The summed E-state index contributed by atoms with van der Waals surface area (Å²) >= 11 is 0. The highest BCUT2D eigenvalue weighted by atomic mass is 32.2. The van der Waals surface area contributed by atoms with Crippen LogP contribution < -0.4 is 5.32 Å².